The van der Waals surface area contributed by atoms with Crippen molar-refractivity contribution in [3.05, 3.63) is 36.5 Å². The molecule has 62 valence electrons. The monoisotopic (exact) mass is 150 g/mol. The highest BCUT2D eigenvalue weighted by Crippen LogP contribution is 2.07. The molecule has 0 heterocycles. The van der Waals surface area contributed by atoms with E-state index in [0.29, 0.717) is 5.92 Å². The summed E-state index contributed by atoms with van der Waals surface area (Å²) < 4.78 is 0. The van der Waals surface area contributed by atoms with E-state index in [-0.39, 0.29) is 0 Å². The highest BCUT2D eigenvalue weighted by Gasteiger charge is 1.91. The van der Waals surface area contributed by atoms with Crippen LogP contribution in [0.3, 0.4) is 0 Å². The van der Waals surface area contributed by atoms with E-state index in [4.69, 9.17) is 0 Å². The van der Waals surface area contributed by atoms with Gasteiger partial charge in [-0.2, -0.15) is 0 Å². The van der Waals surface area contributed by atoms with Crippen LogP contribution in [-0.4, -0.2) is 0 Å². The molecule has 1 atom stereocenters. The molecule has 0 amide bonds. The maximum Gasteiger partial charge on any atom is -0.0259 e. The van der Waals surface area contributed by atoms with Crippen LogP contribution in [0.5, 0.6) is 0 Å². The molecule has 0 saturated carbocycles. The van der Waals surface area contributed by atoms with Crippen LogP contribution < -0.4 is 0 Å². The third-order valence-corrected chi connectivity index (χ3v) is 1.69. The fourth-order valence-electron chi connectivity index (χ4n) is 0.842. The Kier molecular flexibility index (Phi) is 5.54. The molecule has 0 nitrogen and oxygen atoms in total. The van der Waals surface area contributed by atoms with E-state index >= 15 is 0 Å². The first-order chi connectivity index (χ1) is 5.20. The fourth-order valence-corrected chi connectivity index (χ4v) is 0.842. The summed E-state index contributed by atoms with van der Waals surface area (Å²) in [5.41, 5.74) is 1.32. The number of allylic oxidation sites excluding steroid dienone is 5. The Balaban J connectivity index is 3.98. The Morgan fingerprint density at radius 1 is 1.55 bits per heavy atom. The van der Waals surface area contributed by atoms with Crippen molar-refractivity contribution >= 4 is 0 Å². The summed E-state index contributed by atoms with van der Waals surface area (Å²) >= 11 is 0. The minimum absolute atomic E-state index is 0.685. The molecule has 0 aliphatic carbocycles. The number of hydrogen-bond donors (Lipinski definition) is 0. The predicted molar refractivity (Wildman–Crippen MR) is 52.5 cm³/mol. The summed E-state index contributed by atoms with van der Waals surface area (Å²) in [4.78, 5) is 0. The van der Waals surface area contributed by atoms with Gasteiger partial charge in [0.25, 0.3) is 0 Å². The van der Waals surface area contributed by atoms with Gasteiger partial charge in [0.2, 0.25) is 0 Å². The normalized spacial score (nSPS) is 15.4. The van der Waals surface area contributed by atoms with Crippen LogP contribution in [-0.2, 0) is 0 Å². The molecular weight excluding hydrogens is 132 g/mol. The topological polar surface area (TPSA) is 0 Å². The Morgan fingerprint density at radius 2 is 2.18 bits per heavy atom. The zero-order valence-corrected chi connectivity index (χ0v) is 7.80. The van der Waals surface area contributed by atoms with E-state index in [1.165, 1.54) is 12.0 Å². The van der Waals surface area contributed by atoms with Crippen LogP contribution in [0.15, 0.2) is 36.5 Å². The first-order valence-electron chi connectivity index (χ1n) is 4.18. The van der Waals surface area contributed by atoms with Gasteiger partial charge in [-0.1, -0.05) is 56.7 Å². The van der Waals surface area contributed by atoms with E-state index in [2.05, 4.69) is 39.5 Å². The van der Waals surface area contributed by atoms with Crippen LogP contribution in [0.25, 0.3) is 0 Å². The lowest BCUT2D eigenvalue weighted by atomic mass is 10.1. The second-order valence-corrected chi connectivity index (χ2v) is 2.89. The van der Waals surface area contributed by atoms with E-state index in [9.17, 15) is 0 Å². The van der Waals surface area contributed by atoms with Gasteiger partial charge in [0, 0.05) is 0 Å². The van der Waals surface area contributed by atoms with Crippen LogP contribution in [0.2, 0.25) is 0 Å². The lowest BCUT2D eigenvalue weighted by molar-refractivity contribution is 0.694. The van der Waals surface area contributed by atoms with Crippen molar-refractivity contribution in [2.45, 2.75) is 27.2 Å². The quantitative estimate of drug-likeness (QED) is 0.536. The Morgan fingerprint density at radius 3 is 2.64 bits per heavy atom. The van der Waals surface area contributed by atoms with Gasteiger partial charge in [-0.3, -0.25) is 0 Å². The van der Waals surface area contributed by atoms with Crippen LogP contribution in [0, 0.1) is 5.92 Å². The second kappa shape index (κ2) is 5.96. The standard InChI is InChI=1S/C11H18/c1-5-7-8-11(4)9-10(3)6-2/h5,7-10H,1,6H2,2-4H3/b8-7-,11-9-. The lowest BCUT2D eigenvalue weighted by Crippen LogP contribution is -1.85. The van der Waals surface area contributed by atoms with Crippen molar-refractivity contribution in [2.24, 2.45) is 5.92 Å². The highest BCUT2D eigenvalue weighted by atomic mass is 14.0. The smallest absolute Gasteiger partial charge is 0.0259 e. The van der Waals surface area contributed by atoms with E-state index < -0.39 is 0 Å². The van der Waals surface area contributed by atoms with Crippen LogP contribution >= 0.6 is 0 Å². The van der Waals surface area contributed by atoms with E-state index in [1.807, 2.05) is 6.08 Å². The molecule has 0 rings (SSSR count). The molecule has 0 bridgehead atoms. The highest BCUT2D eigenvalue weighted by molar-refractivity contribution is 5.19. The Labute approximate surface area is 70.3 Å². The summed E-state index contributed by atoms with van der Waals surface area (Å²) in [5, 5.41) is 0. The predicted octanol–water partition coefficient (Wildman–Crippen LogP) is 3.72. The molecular formula is C11H18. The molecule has 0 aromatic carbocycles. The summed E-state index contributed by atoms with van der Waals surface area (Å²) in [5.74, 6) is 0.685. The minimum atomic E-state index is 0.685. The van der Waals surface area contributed by atoms with Crippen LogP contribution in [0.4, 0.5) is 0 Å². The zero-order chi connectivity index (χ0) is 8.69. The molecule has 0 fully saturated rings. The molecule has 0 saturated heterocycles. The third-order valence-electron chi connectivity index (χ3n) is 1.69. The van der Waals surface area contributed by atoms with Gasteiger partial charge in [-0.15, -0.1) is 0 Å². The van der Waals surface area contributed by atoms with Gasteiger partial charge in [-0.05, 0) is 12.8 Å². The van der Waals surface area contributed by atoms with Crippen molar-refractivity contribution in [1.29, 1.82) is 0 Å². The average Bonchev–Trinajstić information content (AvgIpc) is 2.00. The van der Waals surface area contributed by atoms with Crippen LogP contribution in [0.1, 0.15) is 27.2 Å². The first-order valence-corrected chi connectivity index (χ1v) is 4.18. The number of rotatable bonds is 4. The molecule has 11 heavy (non-hydrogen) atoms. The average molecular weight is 150 g/mol. The summed E-state index contributed by atoms with van der Waals surface area (Å²) in [7, 11) is 0. The van der Waals surface area contributed by atoms with Gasteiger partial charge in [-0.25, -0.2) is 0 Å². The van der Waals surface area contributed by atoms with Crippen molar-refractivity contribution < 1.29 is 0 Å². The molecule has 0 spiro atoms. The summed E-state index contributed by atoms with van der Waals surface area (Å²) in [6.45, 7) is 10.2. The summed E-state index contributed by atoms with van der Waals surface area (Å²) in [6.07, 6.45) is 9.33. The first kappa shape index (κ1) is 10.2. The second-order valence-electron chi connectivity index (χ2n) is 2.89. The zero-order valence-electron chi connectivity index (χ0n) is 7.80. The van der Waals surface area contributed by atoms with E-state index in [1.54, 1.807) is 6.08 Å². The van der Waals surface area contributed by atoms with Gasteiger partial charge in [0.15, 0.2) is 0 Å². The number of hydrogen-bond acceptors (Lipinski definition) is 0. The van der Waals surface area contributed by atoms with Crippen molar-refractivity contribution in [1.82, 2.24) is 0 Å². The van der Waals surface area contributed by atoms with Crippen molar-refractivity contribution in [2.75, 3.05) is 0 Å². The molecule has 0 aromatic heterocycles. The van der Waals surface area contributed by atoms with Gasteiger partial charge in [0.1, 0.15) is 0 Å². The third kappa shape index (κ3) is 5.65. The van der Waals surface area contributed by atoms with Gasteiger partial charge in [0.05, 0.1) is 0 Å². The lowest BCUT2D eigenvalue weighted by Gasteiger charge is -2.00. The fraction of sp³-hybridized carbons (Fsp3) is 0.455. The Hall–Kier alpha value is -0.780. The molecule has 0 aliphatic heterocycles. The maximum atomic E-state index is 3.62. The molecule has 0 heteroatoms. The summed E-state index contributed by atoms with van der Waals surface area (Å²) in [6, 6.07) is 0. The largest absolute Gasteiger partial charge is 0.0991 e. The molecule has 0 aromatic rings. The molecule has 1 unspecified atom stereocenters. The molecule has 0 N–H and O–H groups in total. The maximum absolute atomic E-state index is 3.62. The molecule has 0 aliphatic rings. The Bertz CT molecular complexity index is 161. The minimum Gasteiger partial charge on any atom is -0.0991 e. The SMILES string of the molecule is C=C/C=C\C(C)=C/C(C)CC. The van der Waals surface area contributed by atoms with Gasteiger partial charge >= 0.3 is 0 Å². The van der Waals surface area contributed by atoms with Gasteiger partial charge < -0.3 is 0 Å². The van der Waals surface area contributed by atoms with Crippen molar-refractivity contribution in [3.63, 3.8) is 0 Å². The van der Waals surface area contributed by atoms with E-state index in [0.717, 1.165) is 0 Å². The van der Waals surface area contributed by atoms with Crippen molar-refractivity contribution in [3.8, 4) is 0 Å². The molecule has 0 radical (unpaired) electrons.